The van der Waals surface area contributed by atoms with E-state index in [1.54, 1.807) is 0 Å². The van der Waals surface area contributed by atoms with Gasteiger partial charge in [0.1, 0.15) is 0 Å². The molecule has 0 unspecified atom stereocenters. The SMILES string of the molecule is CCN(CC)c1cc[c]cc1C. The normalized spacial score (nSPS) is 9.92. The Hall–Kier alpha value is -0.980. The van der Waals surface area contributed by atoms with Crippen molar-refractivity contribution in [3.05, 3.63) is 29.8 Å². The summed E-state index contributed by atoms with van der Waals surface area (Å²) in [7, 11) is 0. The first-order valence-electron chi connectivity index (χ1n) is 4.51. The van der Waals surface area contributed by atoms with Gasteiger partial charge in [-0.3, -0.25) is 0 Å². The fourth-order valence-corrected chi connectivity index (χ4v) is 1.42. The van der Waals surface area contributed by atoms with E-state index in [-0.39, 0.29) is 0 Å². The van der Waals surface area contributed by atoms with E-state index in [0.717, 1.165) is 13.1 Å². The van der Waals surface area contributed by atoms with Crippen molar-refractivity contribution in [3.63, 3.8) is 0 Å². The van der Waals surface area contributed by atoms with Crippen molar-refractivity contribution >= 4 is 5.69 Å². The molecule has 1 nitrogen and oxygen atoms in total. The van der Waals surface area contributed by atoms with Crippen molar-refractivity contribution in [1.29, 1.82) is 0 Å². The highest BCUT2D eigenvalue weighted by atomic mass is 15.1. The van der Waals surface area contributed by atoms with Crippen molar-refractivity contribution in [2.45, 2.75) is 20.8 Å². The monoisotopic (exact) mass is 162 g/mol. The summed E-state index contributed by atoms with van der Waals surface area (Å²) in [4.78, 5) is 2.35. The third-order valence-electron chi connectivity index (χ3n) is 2.15. The zero-order valence-corrected chi connectivity index (χ0v) is 8.09. The van der Waals surface area contributed by atoms with E-state index < -0.39 is 0 Å². The Morgan fingerprint density at radius 3 is 2.50 bits per heavy atom. The average molecular weight is 162 g/mol. The predicted molar refractivity (Wildman–Crippen MR) is 53.6 cm³/mol. The van der Waals surface area contributed by atoms with Crippen LogP contribution in [0, 0.1) is 13.0 Å². The first-order valence-corrected chi connectivity index (χ1v) is 4.51. The summed E-state index contributed by atoms with van der Waals surface area (Å²) >= 11 is 0. The van der Waals surface area contributed by atoms with E-state index in [0.29, 0.717) is 0 Å². The lowest BCUT2D eigenvalue weighted by atomic mass is 10.2. The van der Waals surface area contributed by atoms with Gasteiger partial charge < -0.3 is 4.90 Å². The van der Waals surface area contributed by atoms with Gasteiger partial charge in [0, 0.05) is 18.8 Å². The second kappa shape index (κ2) is 4.15. The third-order valence-corrected chi connectivity index (χ3v) is 2.15. The minimum absolute atomic E-state index is 1.07. The van der Waals surface area contributed by atoms with Gasteiger partial charge in [-0.05, 0) is 44.5 Å². The molecule has 65 valence electrons. The molecule has 1 aromatic rings. The molecule has 1 radical (unpaired) electrons. The van der Waals surface area contributed by atoms with Crippen LogP contribution in [0.2, 0.25) is 0 Å². The van der Waals surface area contributed by atoms with Crippen LogP contribution in [-0.4, -0.2) is 13.1 Å². The fourth-order valence-electron chi connectivity index (χ4n) is 1.42. The maximum Gasteiger partial charge on any atom is 0.0396 e. The van der Waals surface area contributed by atoms with Gasteiger partial charge in [0.05, 0.1) is 0 Å². The Balaban J connectivity index is 2.92. The summed E-state index contributed by atoms with van der Waals surface area (Å²) in [6.45, 7) is 8.63. The van der Waals surface area contributed by atoms with Crippen LogP contribution >= 0.6 is 0 Å². The van der Waals surface area contributed by atoms with Crippen LogP contribution in [0.15, 0.2) is 18.2 Å². The molecule has 0 saturated carbocycles. The molecule has 12 heavy (non-hydrogen) atoms. The molecule has 0 heterocycles. The van der Waals surface area contributed by atoms with Gasteiger partial charge in [-0.1, -0.05) is 6.07 Å². The number of hydrogen-bond acceptors (Lipinski definition) is 1. The number of rotatable bonds is 3. The maximum atomic E-state index is 3.08. The topological polar surface area (TPSA) is 3.24 Å². The van der Waals surface area contributed by atoms with E-state index in [4.69, 9.17) is 0 Å². The van der Waals surface area contributed by atoms with E-state index in [9.17, 15) is 0 Å². The highest BCUT2D eigenvalue weighted by molar-refractivity contribution is 5.52. The zero-order chi connectivity index (χ0) is 8.97. The Kier molecular flexibility index (Phi) is 3.15. The van der Waals surface area contributed by atoms with Crippen molar-refractivity contribution in [1.82, 2.24) is 0 Å². The van der Waals surface area contributed by atoms with E-state index in [1.165, 1.54) is 11.3 Å². The summed E-state index contributed by atoms with van der Waals surface area (Å²) in [6, 6.07) is 9.21. The van der Waals surface area contributed by atoms with E-state index >= 15 is 0 Å². The summed E-state index contributed by atoms with van der Waals surface area (Å²) in [5, 5.41) is 0. The first-order chi connectivity index (χ1) is 5.79. The zero-order valence-electron chi connectivity index (χ0n) is 8.09. The lowest BCUT2D eigenvalue weighted by Crippen LogP contribution is -2.22. The molecule has 1 aromatic carbocycles. The number of anilines is 1. The van der Waals surface area contributed by atoms with Crippen molar-refractivity contribution in [3.8, 4) is 0 Å². The molecule has 0 amide bonds. The van der Waals surface area contributed by atoms with Gasteiger partial charge in [-0.25, -0.2) is 0 Å². The van der Waals surface area contributed by atoms with Gasteiger partial charge in [-0.15, -0.1) is 0 Å². The van der Waals surface area contributed by atoms with E-state index in [1.807, 2.05) is 12.1 Å². The quantitative estimate of drug-likeness (QED) is 0.660. The molecule has 0 aliphatic rings. The summed E-state index contributed by atoms with van der Waals surface area (Å²) in [5.41, 5.74) is 2.64. The Morgan fingerprint density at radius 2 is 2.00 bits per heavy atom. The number of nitrogens with zero attached hydrogens (tertiary/aromatic N) is 1. The summed E-state index contributed by atoms with van der Waals surface area (Å²) < 4.78 is 0. The average Bonchev–Trinajstić information content (AvgIpc) is 2.10. The molecule has 1 heteroatoms. The largest absolute Gasteiger partial charge is 0.372 e. The molecular formula is C11H16N. The molecule has 0 saturated heterocycles. The molecule has 0 fully saturated rings. The molecule has 0 bridgehead atoms. The Bertz CT molecular complexity index is 239. The second-order valence-corrected chi connectivity index (χ2v) is 2.88. The van der Waals surface area contributed by atoms with Gasteiger partial charge in [-0.2, -0.15) is 0 Å². The third kappa shape index (κ3) is 1.79. The van der Waals surface area contributed by atoms with Gasteiger partial charge >= 0.3 is 0 Å². The van der Waals surface area contributed by atoms with E-state index in [2.05, 4.69) is 37.8 Å². The lowest BCUT2D eigenvalue weighted by molar-refractivity contribution is 0.862. The minimum Gasteiger partial charge on any atom is -0.372 e. The van der Waals surface area contributed by atoms with Gasteiger partial charge in [0.15, 0.2) is 0 Å². The van der Waals surface area contributed by atoms with Crippen LogP contribution in [0.25, 0.3) is 0 Å². The molecule has 0 aliphatic carbocycles. The van der Waals surface area contributed by atoms with Crippen LogP contribution in [0.4, 0.5) is 5.69 Å². The van der Waals surface area contributed by atoms with Crippen LogP contribution in [-0.2, 0) is 0 Å². The summed E-state index contributed by atoms with van der Waals surface area (Å²) in [6.07, 6.45) is 0. The Labute approximate surface area is 75.0 Å². The number of aryl methyl sites for hydroxylation is 1. The molecule has 1 rings (SSSR count). The highest BCUT2D eigenvalue weighted by Crippen LogP contribution is 2.17. The fraction of sp³-hybridized carbons (Fsp3) is 0.455. The van der Waals surface area contributed by atoms with Crippen LogP contribution in [0.3, 0.4) is 0 Å². The highest BCUT2D eigenvalue weighted by Gasteiger charge is 2.02. The molecule has 0 atom stereocenters. The van der Waals surface area contributed by atoms with Gasteiger partial charge in [0.2, 0.25) is 0 Å². The minimum atomic E-state index is 1.07. The van der Waals surface area contributed by atoms with Gasteiger partial charge in [0.25, 0.3) is 0 Å². The molecule has 0 aliphatic heterocycles. The Morgan fingerprint density at radius 1 is 1.33 bits per heavy atom. The maximum absolute atomic E-state index is 3.08. The summed E-state index contributed by atoms with van der Waals surface area (Å²) in [5.74, 6) is 0. The molecule has 0 aromatic heterocycles. The molecular weight excluding hydrogens is 146 g/mol. The standard InChI is InChI=1S/C11H16N/c1-4-12(5-2)11-9-7-6-8-10(11)3/h7-9H,4-5H2,1-3H3. The van der Waals surface area contributed by atoms with Crippen LogP contribution in [0.5, 0.6) is 0 Å². The first kappa shape index (κ1) is 9.11. The van der Waals surface area contributed by atoms with Crippen molar-refractivity contribution in [2.75, 3.05) is 18.0 Å². The smallest absolute Gasteiger partial charge is 0.0396 e. The van der Waals surface area contributed by atoms with Crippen LogP contribution < -0.4 is 4.90 Å². The molecule has 0 spiro atoms. The second-order valence-electron chi connectivity index (χ2n) is 2.88. The van der Waals surface area contributed by atoms with Crippen molar-refractivity contribution < 1.29 is 0 Å². The van der Waals surface area contributed by atoms with Crippen molar-refractivity contribution in [2.24, 2.45) is 0 Å². The number of hydrogen-bond donors (Lipinski definition) is 0. The molecule has 0 N–H and O–H groups in total. The predicted octanol–water partition coefficient (Wildman–Crippen LogP) is 2.64. The number of benzene rings is 1. The van der Waals surface area contributed by atoms with Crippen LogP contribution in [0.1, 0.15) is 19.4 Å². The lowest BCUT2D eigenvalue weighted by Gasteiger charge is -2.22.